The third-order valence-corrected chi connectivity index (χ3v) is 2.66. The summed E-state index contributed by atoms with van der Waals surface area (Å²) in [5.74, 6) is 1.13. The molecule has 1 N–H and O–H groups in total. The summed E-state index contributed by atoms with van der Waals surface area (Å²) < 4.78 is 0. The molecule has 1 unspecified atom stereocenters. The highest BCUT2D eigenvalue weighted by Gasteiger charge is 2.12. The van der Waals surface area contributed by atoms with Gasteiger partial charge in [-0.3, -0.25) is 0 Å². The maximum absolute atomic E-state index is 8.82. The van der Waals surface area contributed by atoms with E-state index in [4.69, 9.17) is 16.9 Å². The Bertz CT molecular complexity index is 429. The van der Waals surface area contributed by atoms with Gasteiger partial charge in [0.2, 0.25) is 5.95 Å². The molecule has 0 saturated carbocycles. The first-order valence-electron chi connectivity index (χ1n) is 5.95. The summed E-state index contributed by atoms with van der Waals surface area (Å²) in [5.41, 5.74) is 0. The Morgan fingerprint density at radius 3 is 2.94 bits per heavy atom. The molecule has 98 valence electrons. The summed E-state index contributed by atoms with van der Waals surface area (Å²) in [6, 6.07) is 2.19. The number of anilines is 2. The van der Waals surface area contributed by atoms with Crippen molar-refractivity contribution < 1.29 is 0 Å². The van der Waals surface area contributed by atoms with E-state index in [2.05, 4.69) is 28.3 Å². The summed E-state index contributed by atoms with van der Waals surface area (Å²) in [5, 5.41) is 12.4. The van der Waals surface area contributed by atoms with Gasteiger partial charge < -0.3 is 10.2 Å². The lowest BCUT2D eigenvalue weighted by molar-refractivity contribution is 0.709. The standard InChI is InChI=1S/C12H18ClN5/c1-4-5-15-12-16-7-10(13)11(17-12)18(3)8-9(2)6-14/h7,9H,4-5,8H2,1-3H3,(H,15,16,17). The summed E-state index contributed by atoms with van der Waals surface area (Å²) in [6.45, 7) is 5.34. The summed E-state index contributed by atoms with van der Waals surface area (Å²) in [7, 11) is 1.87. The Morgan fingerprint density at radius 2 is 2.33 bits per heavy atom. The number of rotatable bonds is 6. The number of hydrogen-bond acceptors (Lipinski definition) is 5. The SMILES string of the molecule is CCCNc1ncc(Cl)c(N(C)CC(C)C#N)n1. The maximum Gasteiger partial charge on any atom is 0.224 e. The molecule has 0 aromatic carbocycles. The Kier molecular flexibility index (Phi) is 5.66. The normalized spacial score (nSPS) is 11.7. The van der Waals surface area contributed by atoms with Crippen LogP contribution in [-0.4, -0.2) is 30.1 Å². The molecular weight excluding hydrogens is 250 g/mol. The summed E-state index contributed by atoms with van der Waals surface area (Å²) in [4.78, 5) is 10.3. The predicted octanol–water partition coefficient (Wildman–Crippen LogP) is 2.55. The second kappa shape index (κ2) is 7.02. The van der Waals surface area contributed by atoms with Crippen LogP contribution in [0.5, 0.6) is 0 Å². The lowest BCUT2D eigenvalue weighted by Gasteiger charge is -2.20. The van der Waals surface area contributed by atoms with Gasteiger partial charge in [-0.1, -0.05) is 18.5 Å². The van der Waals surface area contributed by atoms with Crippen LogP contribution in [-0.2, 0) is 0 Å². The van der Waals surface area contributed by atoms with Crippen molar-refractivity contribution in [1.82, 2.24) is 9.97 Å². The highest BCUT2D eigenvalue weighted by atomic mass is 35.5. The van der Waals surface area contributed by atoms with Crippen LogP contribution in [0.4, 0.5) is 11.8 Å². The molecule has 0 aliphatic carbocycles. The first-order valence-corrected chi connectivity index (χ1v) is 6.33. The molecule has 0 spiro atoms. The van der Waals surface area contributed by atoms with Gasteiger partial charge in [-0.2, -0.15) is 10.2 Å². The van der Waals surface area contributed by atoms with Crippen LogP contribution >= 0.6 is 11.6 Å². The zero-order chi connectivity index (χ0) is 13.5. The van der Waals surface area contributed by atoms with Gasteiger partial charge in [0.25, 0.3) is 0 Å². The van der Waals surface area contributed by atoms with Gasteiger partial charge >= 0.3 is 0 Å². The second-order valence-corrected chi connectivity index (χ2v) is 4.61. The number of nitrogens with zero attached hydrogens (tertiary/aromatic N) is 4. The summed E-state index contributed by atoms with van der Waals surface area (Å²) >= 11 is 6.07. The lowest BCUT2D eigenvalue weighted by Crippen LogP contribution is -2.25. The molecule has 0 saturated heterocycles. The number of hydrogen-bond donors (Lipinski definition) is 1. The van der Waals surface area contributed by atoms with Crippen molar-refractivity contribution in [1.29, 1.82) is 5.26 Å². The molecule has 0 aliphatic heterocycles. The van der Waals surface area contributed by atoms with Gasteiger partial charge in [0.1, 0.15) is 5.02 Å². The Balaban J connectivity index is 2.83. The van der Waals surface area contributed by atoms with Crippen LogP contribution < -0.4 is 10.2 Å². The largest absolute Gasteiger partial charge is 0.357 e. The molecular formula is C12H18ClN5. The number of aromatic nitrogens is 2. The quantitative estimate of drug-likeness (QED) is 0.858. The molecule has 6 heteroatoms. The average molecular weight is 268 g/mol. The molecule has 0 amide bonds. The van der Waals surface area contributed by atoms with Gasteiger partial charge in [-0.25, -0.2) is 4.98 Å². The predicted molar refractivity (Wildman–Crippen MR) is 73.9 cm³/mol. The molecule has 1 aromatic rings. The molecule has 1 atom stereocenters. The Labute approximate surface area is 113 Å². The topological polar surface area (TPSA) is 64.8 Å². The fourth-order valence-corrected chi connectivity index (χ4v) is 1.72. The Hall–Kier alpha value is -1.54. The van der Waals surface area contributed by atoms with Crippen LogP contribution in [0.2, 0.25) is 5.02 Å². The van der Waals surface area contributed by atoms with Crippen molar-refractivity contribution >= 4 is 23.4 Å². The van der Waals surface area contributed by atoms with E-state index in [1.165, 1.54) is 0 Å². The molecule has 0 fully saturated rings. The molecule has 1 rings (SSSR count). The van der Waals surface area contributed by atoms with Gasteiger partial charge in [-0.15, -0.1) is 0 Å². The number of halogens is 1. The minimum absolute atomic E-state index is 0.0758. The number of nitriles is 1. The van der Waals surface area contributed by atoms with E-state index in [-0.39, 0.29) is 5.92 Å². The summed E-state index contributed by atoms with van der Waals surface area (Å²) in [6.07, 6.45) is 2.58. The smallest absolute Gasteiger partial charge is 0.224 e. The fourth-order valence-electron chi connectivity index (χ4n) is 1.49. The highest BCUT2D eigenvalue weighted by Crippen LogP contribution is 2.23. The molecule has 1 heterocycles. The zero-order valence-corrected chi connectivity index (χ0v) is 11.7. The van der Waals surface area contributed by atoms with Crippen LogP contribution in [0.1, 0.15) is 20.3 Å². The highest BCUT2D eigenvalue weighted by molar-refractivity contribution is 6.32. The minimum Gasteiger partial charge on any atom is -0.357 e. The van der Waals surface area contributed by atoms with Crippen molar-refractivity contribution in [2.24, 2.45) is 5.92 Å². The Morgan fingerprint density at radius 1 is 1.61 bits per heavy atom. The van der Waals surface area contributed by atoms with E-state index in [9.17, 15) is 0 Å². The first kappa shape index (κ1) is 14.5. The van der Waals surface area contributed by atoms with Crippen LogP contribution in [0, 0.1) is 17.2 Å². The average Bonchev–Trinajstić information content (AvgIpc) is 2.37. The molecule has 0 radical (unpaired) electrons. The lowest BCUT2D eigenvalue weighted by atomic mass is 10.2. The van der Waals surface area contributed by atoms with Crippen LogP contribution in [0.3, 0.4) is 0 Å². The van der Waals surface area contributed by atoms with Gasteiger partial charge in [0.15, 0.2) is 5.82 Å². The van der Waals surface area contributed by atoms with E-state index in [1.807, 2.05) is 18.9 Å². The molecule has 5 nitrogen and oxygen atoms in total. The van der Waals surface area contributed by atoms with Gasteiger partial charge in [0, 0.05) is 20.1 Å². The van der Waals surface area contributed by atoms with Crippen LogP contribution in [0.25, 0.3) is 0 Å². The monoisotopic (exact) mass is 267 g/mol. The van der Waals surface area contributed by atoms with Crippen molar-refractivity contribution in [2.45, 2.75) is 20.3 Å². The van der Waals surface area contributed by atoms with Crippen LogP contribution in [0.15, 0.2) is 6.20 Å². The molecule has 1 aromatic heterocycles. The van der Waals surface area contributed by atoms with Crippen molar-refractivity contribution in [3.63, 3.8) is 0 Å². The number of nitrogens with one attached hydrogen (secondary N) is 1. The molecule has 0 bridgehead atoms. The minimum atomic E-state index is -0.0758. The first-order chi connectivity index (χ1) is 8.58. The van der Waals surface area contributed by atoms with Gasteiger partial charge in [-0.05, 0) is 13.3 Å². The maximum atomic E-state index is 8.82. The molecule has 0 aliphatic rings. The third kappa shape index (κ3) is 4.04. The van der Waals surface area contributed by atoms with Crippen molar-refractivity contribution in [3.05, 3.63) is 11.2 Å². The van der Waals surface area contributed by atoms with Crippen molar-refractivity contribution in [3.8, 4) is 6.07 Å². The van der Waals surface area contributed by atoms with E-state index >= 15 is 0 Å². The van der Waals surface area contributed by atoms with E-state index in [1.54, 1.807) is 6.20 Å². The van der Waals surface area contributed by atoms with E-state index < -0.39 is 0 Å². The molecule has 18 heavy (non-hydrogen) atoms. The zero-order valence-electron chi connectivity index (χ0n) is 10.9. The fraction of sp³-hybridized carbons (Fsp3) is 0.583. The van der Waals surface area contributed by atoms with E-state index in [0.717, 1.165) is 13.0 Å². The van der Waals surface area contributed by atoms with Gasteiger partial charge in [0.05, 0.1) is 18.2 Å². The van der Waals surface area contributed by atoms with Crippen molar-refractivity contribution in [2.75, 3.05) is 30.4 Å². The third-order valence-electron chi connectivity index (χ3n) is 2.39. The second-order valence-electron chi connectivity index (χ2n) is 4.20. The van der Waals surface area contributed by atoms with E-state index in [0.29, 0.717) is 23.3 Å².